The first kappa shape index (κ1) is 19.9. The van der Waals surface area contributed by atoms with Gasteiger partial charge in [-0.2, -0.15) is 0 Å². The molecule has 3 heterocycles. The van der Waals surface area contributed by atoms with Crippen LogP contribution in [0.4, 0.5) is 0 Å². The summed E-state index contributed by atoms with van der Waals surface area (Å²) in [6.45, 7) is 1.31. The van der Waals surface area contributed by atoms with Crippen LogP contribution >= 0.6 is 0 Å². The minimum atomic E-state index is -0.571. The van der Waals surface area contributed by atoms with Crippen LogP contribution in [0.3, 0.4) is 0 Å². The van der Waals surface area contributed by atoms with E-state index in [0.29, 0.717) is 24.2 Å². The number of nitrogens with one attached hydrogen (secondary N) is 1. The zero-order valence-electron chi connectivity index (χ0n) is 16.8. The Morgan fingerprint density at radius 2 is 2.07 bits per heavy atom. The predicted molar refractivity (Wildman–Crippen MR) is 110 cm³/mol. The van der Waals surface area contributed by atoms with Gasteiger partial charge in [-0.3, -0.25) is 19.7 Å². The van der Waals surface area contributed by atoms with Crippen molar-refractivity contribution in [3.8, 4) is 12.3 Å². The number of amides is 3. The number of unbranched alkanes of at least 4 members (excludes halogenated alkanes) is 2. The Labute approximate surface area is 175 Å². The fourth-order valence-corrected chi connectivity index (χ4v) is 4.23. The van der Waals surface area contributed by atoms with E-state index in [1.807, 2.05) is 22.9 Å². The summed E-state index contributed by atoms with van der Waals surface area (Å²) in [4.78, 5) is 42.2. The van der Waals surface area contributed by atoms with E-state index in [1.165, 1.54) is 0 Å². The quantitative estimate of drug-likeness (QED) is 0.435. The molecule has 0 saturated carbocycles. The van der Waals surface area contributed by atoms with E-state index in [1.54, 1.807) is 11.2 Å². The summed E-state index contributed by atoms with van der Waals surface area (Å²) in [5.41, 5.74) is 3.51. The molecule has 7 heteroatoms. The summed E-state index contributed by atoms with van der Waals surface area (Å²) in [7, 11) is 0. The lowest BCUT2D eigenvalue weighted by molar-refractivity contribution is -0.136. The van der Waals surface area contributed by atoms with Gasteiger partial charge in [0.05, 0.1) is 6.33 Å². The Hall–Kier alpha value is -3.40. The number of carbonyl (C=O) groups excluding carboxylic acids is 3. The molecule has 1 fully saturated rings. The number of aromatic nitrogens is 2. The molecule has 1 saturated heterocycles. The van der Waals surface area contributed by atoms with Crippen molar-refractivity contribution >= 4 is 17.7 Å². The summed E-state index contributed by atoms with van der Waals surface area (Å²) >= 11 is 0. The van der Waals surface area contributed by atoms with E-state index in [9.17, 15) is 14.4 Å². The average Bonchev–Trinajstić information content (AvgIpc) is 3.33. The second-order valence-electron chi connectivity index (χ2n) is 7.79. The lowest BCUT2D eigenvalue weighted by Gasteiger charge is -2.29. The van der Waals surface area contributed by atoms with Crippen LogP contribution in [0.5, 0.6) is 0 Å². The van der Waals surface area contributed by atoms with Crippen LogP contribution in [0.15, 0.2) is 30.7 Å². The van der Waals surface area contributed by atoms with Crippen molar-refractivity contribution in [1.29, 1.82) is 0 Å². The number of aryl methyl sites for hydroxylation is 2. The van der Waals surface area contributed by atoms with Gasteiger partial charge >= 0.3 is 0 Å². The molecule has 0 radical (unpaired) electrons. The molecule has 3 amide bonds. The van der Waals surface area contributed by atoms with E-state index in [4.69, 9.17) is 6.42 Å². The predicted octanol–water partition coefficient (Wildman–Crippen LogP) is 2.04. The fraction of sp³-hybridized carbons (Fsp3) is 0.391. The van der Waals surface area contributed by atoms with Crippen molar-refractivity contribution in [2.24, 2.45) is 0 Å². The van der Waals surface area contributed by atoms with Crippen LogP contribution in [-0.2, 0) is 29.1 Å². The van der Waals surface area contributed by atoms with Gasteiger partial charge in [-0.15, -0.1) is 6.42 Å². The molecule has 1 unspecified atom stereocenters. The standard InChI is InChI=1S/C23H24N4O3/c1-2-17-13-26(15-24-17)12-5-3-4-7-16-8-6-9-18-19(16)14-27(23(18)30)20-10-11-21(28)25-22(20)29/h1,6,8-9,13,15,20H,3-5,7,10-12,14H2,(H,25,28,29). The smallest absolute Gasteiger partial charge is 0.255 e. The molecule has 1 N–H and O–H groups in total. The monoisotopic (exact) mass is 404 g/mol. The van der Waals surface area contributed by atoms with Crippen molar-refractivity contribution in [3.63, 3.8) is 0 Å². The molecule has 1 aromatic heterocycles. The molecular formula is C23H24N4O3. The molecule has 1 atom stereocenters. The minimum absolute atomic E-state index is 0.120. The van der Waals surface area contributed by atoms with Gasteiger partial charge in [0.1, 0.15) is 11.7 Å². The van der Waals surface area contributed by atoms with Crippen molar-refractivity contribution in [1.82, 2.24) is 19.8 Å². The highest BCUT2D eigenvalue weighted by Crippen LogP contribution is 2.30. The van der Waals surface area contributed by atoms with Gasteiger partial charge in [0.15, 0.2) is 0 Å². The van der Waals surface area contributed by atoms with E-state index < -0.39 is 6.04 Å². The fourth-order valence-electron chi connectivity index (χ4n) is 4.23. The lowest BCUT2D eigenvalue weighted by Crippen LogP contribution is -2.52. The largest absolute Gasteiger partial charge is 0.336 e. The first-order valence-electron chi connectivity index (χ1n) is 10.3. The summed E-state index contributed by atoms with van der Waals surface area (Å²) in [6.07, 6.45) is 13.6. The summed E-state index contributed by atoms with van der Waals surface area (Å²) in [6, 6.07) is 5.23. The highest BCUT2D eigenvalue weighted by molar-refractivity contribution is 6.05. The number of nitrogens with zero attached hydrogens (tertiary/aromatic N) is 3. The van der Waals surface area contributed by atoms with Crippen LogP contribution in [0, 0.1) is 12.3 Å². The third kappa shape index (κ3) is 3.99. The number of fused-ring (bicyclic) bond motifs is 1. The number of imidazole rings is 1. The number of rotatable bonds is 7. The van der Waals surface area contributed by atoms with Gasteiger partial charge in [0, 0.05) is 31.3 Å². The molecule has 30 heavy (non-hydrogen) atoms. The van der Waals surface area contributed by atoms with E-state index >= 15 is 0 Å². The van der Waals surface area contributed by atoms with Crippen molar-refractivity contribution in [2.45, 2.75) is 57.7 Å². The van der Waals surface area contributed by atoms with Gasteiger partial charge in [-0.25, -0.2) is 4.98 Å². The number of carbonyl (C=O) groups is 3. The van der Waals surface area contributed by atoms with Gasteiger partial charge in [0.25, 0.3) is 5.91 Å². The van der Waals surface area contributed by atoms with Crippen molar-refractivity contribution < 1.29 is 14.4 Å². The maximum Gasteiger partial charge on any atom is 0.255 e. The third-order valence-corrected chi connectivity index (χ3v) is 5.82. The Morgan fingerprint density at radius 3 is 2.83 bits per heavy atom. The number of hydrogen-bond donors (Lipinski definition) is 1. The average molecular weight is 404 g/mol. The highest BCUT2D eigenvalue weighted by Gasteiger charge is 2.39. The second kappa shape index (κ2) is 8.54. The molecule has 4 rings (SSSR count). The summed E-state index contributed by atoms with van der Waals surface area (Å²) in [5.74, 6) is 1.76. The zero-order valence-corrected chi connectivity index (χ0v) is 16.8. The summed E-state index contributed by atoms with van der Waals surface area (Å²) < 4.78 is 2.01. The normalized spacial score (nSPS) is 18.3. The lowest BCUT2D eigenvalue weighted by atomic mass is 9.98. The third-order valence-electron chi connectivity index (χ3n) is 5.82. The van der Waals surface area contributed by atoms with Crippen LogP contribution < -0.4 is 5.32 Å². The van der Waals surface area contributed by atoms with Crippen molar-refractivity contribution in [3.05, 3.63) is 53.1 Å². The Bertz CT molecular complexity index is 1030. The minimum Gasteiger partial charge on any atom is -0.336 e. The first-order valence-corrected chi connectivity index (χ1v) is 10.3. The SMILES string of the molecule is C#Cc1cn(CCCCCc2cccc3c2CN(C2CCC(=O)NC2=O)C3=O)cn1. The van der Waals surface area contributed by atoms with Crippen LogP contribution in [0.2, 0.25) is 0 Å². The second-order valence-corrected chi connectivity index (χ2v) is 7.79. The van der Waals surface area contributed by atoms with Crippen LogP contribution in [-0.4, -0.2) is 38.2 Å². The Morgan fingerprint density at radius 1 is 1.20 bits per heavy atom. The van der Waals surface area contributed by atoms with Gasteiger partial charge in [-0.1, -0.05) is 18.6 Å². The van der Waals surface area contributed by atoms with E-state index in [-0.39, 0.29) is 24.1 Å². The van der Waals surface area contributed by atoms with Gasteiger partial charge in [0.2, 0.25) is 11.8 Å². The number of hydrogen-bond acceptors (Lipinski definition) is 4. The molecule has 0 aliphatic carbocycles. The molecule has 2 aromatic rings. The van der Waals surface area contributed by atoms with Crippen molar-refractivity contribution in [2.75, 3.05) is 0 Å². The van der Waals surface area contributed by atoms with Crippen LogP contribution in [0.25, 0.3) is 0 Å². The molecule has 2 aliphatic rings. The van der Waals surface area contributed by atoms with E-state index in [2.05, 4.69) is 22.3 Å². The molecule has 7 nitrogen and oxygen atoms in total. The first-order chi connectivity index (χ1) is 14.6. The maximum atomic E-state index is 12.9. The number of piperidine rings is 1. The molecule has 0 bridgehead atoms. The van der Waals surface area contributed by atoms with E-state index in [0.717, 1.165) is 43.4 Å². The number of imide groups is 1. The molecule has 154 valence electrons. The Kier molecular flexibility index (Phi) is 5.66. The number of benzene rings is 1. The topological polar surface area (TPSA) is 84.3 Å². The zero-order chi connectivity index (χ0) is 21.1. The van der Waals surface area contributed by atoms with Crippen LogP contribution in [0.1, 0.15) is 59.3 Å². The Balaban J connectivity index is 1.34. The maximum absolute atomic E-state index is 12.9. The number of terminal acetylenes is 1. The molecule has 2 aliphatic heterocycles. The summed E-state index contributed by atoms with van der Waals surface area (Å²) in [5, 5.41) is 2.35. The van der Waals surface area contributed by atoms with Gasteiger partial charge in [-0.05, 0) is 48.8 Å². The molecule has 0 spiro atoms. The molecular weight excluding hydrogens is 380 g/mol. The van der Waals surface area contributed by atoms with Gasteiger partial charge < -0.3 is 9.47 Å². The highest BCUT2D eigenvalue weighted by atomic mass is 16.2. The molecule has 1 aromatic carbocycles.